The maximum atomic E-state index is 12.6. The van der Waals surface area contributed by atoms with Gasteiger partial charge in [0.2, 0.25) is 15.8 Å². The zero-order valence-electron chi connectivity index (χ0n) is 12.1. The largest absolute Gasteiger partial charge is 0.291 e. The lowest BCUT2D eigenvalue weighted by molar-refractivity contribution is 0.0884. The predicted octanol–water partition coefficient (Wildman–Crippen LogP) is 5.19. The number of alkyl halides is 1. The Morgan fingerprint density at radius 2 is 1.14 bits per heavy atom. The number of Topliss-reactive ketones (excluding diaryl/α,β-unsaturated/α-hetero) is 2. The van der Waals surface area contributed by atoms with Crippen LogP contribution in [0.3, 0.4) is 0 Å². The van der Waals surface area contributed by atoms with E-state index in [-0.39, 0.29) is 0 Å². The number of hydrogen-bond acceptors (Lipinski definition) is 3. The van der Waals surface area contributed by atoms with E-state index in [2.05, 4.69) is 0 Å². The highest BCUT2D eigenvalue weighted by Gasteiger charge is 2.45. The molecule has 0 unspecified atom stereocenters. The highest BCUT2D eigenvalue weighted by atomic mass is 35.7. The Morgan fingerprint density at radius 3 is 1.41 bits per heavy atom. The van der Waals surface area contributed by atoms with Gasteiger partial charge in [-0.15, -0.1) is 0 Å². The van der Waals surface area contributed by atoms with Gasteiger partial charge in [-0.05, 0) is 35.5 Å². The Morgan fingerprint density at radius 1 is 0.818 bits per heavy atom. The van der Waals surface area contributed by atoms with Gasteiger partial charge in [0.15, 0.2) is 0 Å². The van der Waals surface area contributed by atoms with Crippen molar-refractivity contribution in [3.63, 3.8) is 0 Å². The first kappa shape index (κ1) is 17.1. The summed E-state index contributed by atoms with van der Waals surface area (Å²) in [5.74, 6) is -1.03. The normalized spacial score (nSPS) is 11.3. The molecule has 0 aliphatic carbocycles. The lowest BCUT2D eigenvalue weighted by Crippen LogP contribution is -2.37. The molecular formula is C17H14Cl2O2S. The third-order valence-corrected chi connectivity index (χ3v) is 5.41. The molecule has 0 fully saturated rings. The average molecular weight is 353 g/mol. The van der Waals surface area contributed by atoms with Crippen molar-refractivity contribution in [2.45, 2.75) is 18.1 Å². The second-order valence-electron chi connectivity index (χ2n) is 5.06. The lowest BCUT2D eigenvalue weighted by Gasteiger charge is -2.20. The Hall–Kier alpha value is -1.29. The first-order valence-electron chi connectivity index (χ1n) is 6.60. The maximum absolute atomic E-state index is 12.6. The molecule has 0 aromatic heterocycles. The molecule has 0 atom stereocenters. The molecule has 5 heteroatoms. The van der Waals surface area contributed by atoms with E-state index in [4.69, 9.17) is 22.3 Å². The van der Waals surface area contributed by atoms with Gasteiger partial charge in [-0.2, -0.15) is 0 Å². The van der Waals surface area contributed by atoms with Crippen molar-refractivity contribution in [1.82, 2.24) is 0 Å². The fraction of sp³-hybridized carbons (Fsp3) is 0.176. The van der Waals surface area contributed by atoms with Crippen LogP contribution in [0, 0.1) is 13.8 Å². The minimum absolute atomic E-state index is 0.356. The molecule has 0 spiro atoms. The summed E-state index contributed by atoms with van der Waals surface area (Å²) in [6, 6.07) is 13.7. The maximum Gasteiger partial charge on any atom is 0.229 e. The lowest BCUT2D eigenvalue weighted by atomic mass is 9.99. The van der Waals surface area contributed by atoms with Gasteiger partial charge < -0.3 is 0 Å². The minimum atomic E-state index is -1.87. The van der Waals surface area contributed by atoms with Crippen LogP contribution < -0.4 is 0 Å². The minimum Gasteiger partial charge on any atom is -0.291 e. The number of hydrogen-bond donors (Lipinski definition) is 0. The molecule has 0 saturated heterocycles. The van der Waals surface area contributed by atoms with Gasteiger partial charge in [-0.3, -0.25) is 9.59 Å². The Kier molecular flexibility index (Phi) is 5.32. The van der Waals surface area contributed by atoms with E-state index in [1.165, 1.54) is 0 Å². The summed E-state index contributed by atoms with van der Waals surface area (Å²) < 4.78 is -1.87. The number of carbonyl (C=O) groups excluding carboxylic acids is 2. The van der Waals surface area contributed by atoms with Gasteiger partial charge in [0.05, 0.1) is 0 Å². The third kappa shape index (κ3) is 3.37. The number of carbonyl (C=O) groups is 2. The van der Waals surface area contributed by atoms with Crippen LogP contribution in [-0.4, -0.2) is 15.8 Å². The van der Waals surface area contributed by atoms with Crippen molar-refractivity contribution in [3.8, 4) is 0 Å². The zero-order chi connectivity index (χ0) is 16.3. The zero-order valence-corrected chi connectivity index (χ0v) is 14.4. The van der Waals surface area contributed by atoms with Crippen LogP contribution in [0.15, 0.2) is 48.5 Å². The third-order valence-electron chi connectivity index (χ3n) is 3.32. The van der Waals surface area contributed by atoms with Crippen LogP contribution in [0.2, 0.25) is 0 Å². The summed E-state index contributed by atoms with van der Waals surface area (Å²) in [4.78, 5) is 25.3. The summed E-state index contributed by atoms with van der Waals surface area (Å²) >= 11 is 6.31. The van der Waals surface area contributed by atoms with Gasteiger partial charge in [-0.25, -0.2) is 0 Å². The van der Waals surface area contributed by atoms with Crippen LogP contribution >= 0.6 is 33.3 Å². The molecule has 114 valence electrons. The Balaban J connectivity index is 2.38. The van der Waals surface area contributed by atoms with Crippen LogP contribution in [0.1, 0.15) is 31.8 Å². The van der Waals surface area contributed by atoms with Crippen LogP contribution in [-0.2, 0) is 0 Å². The van der Waals surface area contributed by atoms with E-state index in [1.54, 1.807) is 48.5 Å². The van der Waals surface area contributed by atoms with Gasteiger partial charge in [0.1, 0.15) is 0 Å². The van der Waals surface area contributed by atoms with E-state index >= 15 is 0 Å². The van der Waals surface area contributed by atoms with Crippen LogP contribution in [0.4, 0.5) is 0 Å². The van der Waals surface area contributed by atoms with E-state index in [9.17, 15) is 9.59 Å². The summed E-state index contributed by atoms with van der Waals surface area (Å²) in [6.07, 6.45) is 0. The fourth-order valence-corrected chi connectivity index (χ4v) is 2.97. The van der Waals surface area contributed by atoms with E-state index in [1.807, 2.05) is 13.8 Å². The predicted molar refractivity (Wildman–Crippen MR) is 93.0 cm³/mol. The van der Waals surface area contributed by atoms with Crippen molar-refractivity contribution in [2.75, 3.05) is 0 Å². The van der Waals surface area contributed by atoms with E-state index < -0.39 is 15.8 Å². The van der Waals surface area contributed by atoms with E-state index in [0.717, 1.165) is 11.1 Å². The molecule has 2 rings (SSSR count). The molecule has 0 amide bonds. The molecule has 0 aliphatic heterocycles. The second kappa shape index (κ2) is 6.86. The Bertz CT molecular complexity index is 636. The second-order valence-corrected chi connectivity index (χ2v) is 7.08. The Labute approximate surface area is 143 Å². The number of benzene rings is 2. The quantitative estimate of drug-likeness (QED) is 0.421. The smallest absolute Gasteiger partial charge is 0.229 e. The monoisotopic (exact) mass is 352 g/mol. The molecule has 0 bridgehead atoms. The van der Waals surface area contributed by atoms with Crippen molar-refractivity contribution in [1.29, 1.82) is 0 Å². The number of ketones is 2. The fourth-order valence-electron chi connectivity index (χ4n) is 1.95. The molecule has 0 radical (unpaired) electrons. The van der Waals surface area contributed by atoms with Gasteiger partial charge in [-0.1, -0.05) is 71.3 Å². The first-order valence-corrected chi connectivity index (χ1v) is 8.62. The summed E-state index contributed by atoms with van der Waals surface area (Å²) in [6.45, 7) is 3.83. The molecule has 22 heavy (non-hydrogen) atoms. The van der Waals surface area contributed by atoms with Crippen molar-refractivity contribution in [2.24, 2.45) is 0 Å². The first-order chi connectivity index (χ1) is 10.4. The van der Waals surface area contributed by atoms with Crippen molar-refractivity contribution < 1.29 is 9.59 Å². The number of aryl methyl sites for hydroxylation is 2. The van der Waals surface area contributed by atoms with Gasteiger partial charge in [0.25, 0.3) is 0 Å². The molecular weight excluding hydrogens is 339 g/mol. The molecule has 0 aliphatic rings. The average Bonchev–Trinajstić information content (AvgIpc) is 2.54. The molecule has 2 nitrogen and oxygen atoms in total. The number of halogens is 2. The highest BCUT2D eigenvalue weighted by Crippen LogP contribution is 2.39. The molecule has 0 N–H and O–H groups in total. The summed E-state index contributed by atoms with van der Waals surface area (Å²) in [7, 11) is 6.33. The molecule has 2 aromatic carbocycles. The molecule has 2 aromatic rings. The van der Waals surface area contributed by atoms with E-state index in [0.29, 0.717) is 22.1 Å². The van der Waals surface area contributed by atoms with Crippen LogP contribution in [0.25, 0.3) is 0 Å². The SMILES string of the molecule is Cc1ccc(C(=O)C(Cl)(SCl)C(=O)c2ccc(C)cc2)cc1. The summed E-state index contributed by atoms with van der Waals surface area (Å²) in [5, 5.41) is 0. The molecule has 0 heterocycles. The van der Waals surface area contributed by atoms with Gasteiger partial charge >= 0.3 is 0 Å². The molecule has 0 saturated carbocycles. The van der Waals surface area contributed by atoms with Crippen molar-refractivity contribution >= 4 is 44.8 Å². The van der Waals surface area contributed by atoms with Crippen molar-refractivity contribution in [3.05, 3.63) is 70.8 Å². The van der Waals surface area contributed by atoms with Gasteiger partial charge in [0, 0.05) is 11.1 Å². The number of rotatable bonds is 5. The summed E-state index contributed by atoms with van der Waals surface area (Å²) in [5.41, 5.74) is 2.74. The standard InChI is InChI=1S/C17H14Cl2O2S/c1-11-3-7-13(8-4-11)15(20)17(18,22-19)16(21)14-9-5-12(2)6-10-14/h3-10H,1-2H3. The van der Waals surface area contributed by atoms with Crippen LogP contribution in [0.5, 0.6) is 0 Å². The highest BCUT2D eigenvalue weighted by molar-refractivity contribution is 8.24. The topological polar surface area (TPSA) is 34.1 Å².